The van der Waals surface area contributed by atoms with Gasteiger partial charge in [-0.15, -0.1) is 0 Å². The van der Waals surface area contributed by atoms with Gasteiger partial charge in [-0.05, 0) is 29.8 Å². The van der Waals surface area contributed by atoms with E-state index in [4.69, 9.17) is 4.74 Å². The van der Waals surface area contributed by atoms with E-state index in [1.54, 1.807) is 37.8 Å². The van der Waals surface area contributed by atoms with Crippen molar-refractivity contribution in [2.75, 3.05) is 7.11 Å². The molecule has 0 atom stereocenters. The first-order chi connectivity index (χ1) is 8.29. The summed E-state index contributed by atoms with van der Waals surface area (Å²) in [6, 6.07) is 16.7. The molecule has 0 aliphatic rings. The molecule has 1 radical (unpaired) electrons. The van der Waals surface area contributed by atoms with Gasteiger partial charge < -0.3 is 4.74 Å². The smallest absolute Gasteiger partial charge is 0.171 e. The Kier molecular flexibility index (Phi) is 3.55. The molecule has 0 aliphatic heterocycles. The van der Waals surface area contributed by atoms with Crippen molar-refractivity contribution in [1.29, 1.82) is 0 Å². The highest BCUT2D eigenvalue weighted by Gasteiger charge is 2.07. The fourth-order valence-corrected chi connectivity index (χ4v) is 1.54. The molecule has 2 aromatic carbocycles. The lowest BCUT2D eigenvalue weighted by Crippen LogP contribution is -2.00. The molecule has 2 heteroatoms. The van der Waals surface area contributed by atoms with Crippen LogP contribution in [-0.2, 0) is 0 Å². The van der Waals surface area contributed by atoms with Gasteiger partial charge in [0.25, 0.3) is 0 Å². The van der Waals surface area contributed by atoms with Crippen LogP contribution in [0.3, 0.4) is 0 Å². The molecule has 85 valence electrons. The third kappa shape index (κ3) is 2.94. The summed E-state index contributed by atoms with van der Waals surface area (Å²) in [6.07, 6.45) is 1.63. The number of Topliss-reactive ketones (excluding diaryl/α,β-unsaturated/α-hetero) is 1. The topological polar surface area (TPSA) is 26.3 Å². The maximum Gasteiger partial charge on any atom is 0.171 e. The Bertz CT molecular complexity index is 486. The van der Waals surface area contributed by atoms with Crippen LogP contribution in [-0.4, -0.2) is 12.9 Å². The molecule has 0 unspecified atom stereocenters. The Morgan fingerprint density at radius 2 is 1.65 bits per heavy atom. The lowest BCUT2D eigenvalue weighted by atomic mass is 10.0. The second kappa shape index (κ2) is 5.30. The predicted octanol–water partition coefficient (Wildman–Crippen LogP) is 3.13. The van der Waals surface area contributed by atoms with Gasteiger partial charge in [0.2, 0.25) is 0 Å². The van der Waals surface area contributed by atoms with Gasteiger partial charge in [-0.3, -0.25) is 4.79 Å². The highest BCUT2D eigenvalue weighted by atomic mass is 16.5. The number of methoxy groups -OCH3 is 1. The lowest BCUT2D eigenvalue weighted by Gasteiger charge is -2.02. The molecule has 2 nitrogen and oxygen atoms in total. The van der Waals surface area contributed by atoms with Gasteiger partial charge in [0.1, 0.15) is 5.75 Å². The van der Waals surface area contributed by atoms with Crippen LogP contribution in [0.2, 0.25) is 0 Å². The van der Waals surface area contributed by atoms with Crippen LogP contribution in [0.15, 0.2) is 54.6 Å². The Balaban J connectivity index is 2.09. The molecular weight excluding hydrogens is 212 g/mol. The van der Waals surface area contributed by atoms with E-state index in [1.165, 1.54) is 0 Å². The Morgan fingerprint density at radius 3 is 2.24 bits per heavy atom. The molecule has 2 aromatic rings. The number of ether oxygens (including phenoxy) is 1. The third-order valence-electron chi connectivity index (χ3n) is 2.47. The number of hydrogen-bond acceptors (Lipinski definition) is 2. The minimum absolute atomic E-state index is 0.00106. The molecule has 0 fully saturated rings. The van der Waals surface area contributed by atoms with Gasteiger partial charge >= 0.3 is 0 Å². The molecule has 0 heterocycles. The minimum Gasteiger partial charge on any atom is -0.497 e. The van der Waals surface area contributed by atoms with Gasteiger partial charge in [0, 0.05) is 5.56 Å². The van der Waals surface area contributed by atoms with Crippen LogP contribution in [0.5, 0.6) is 5.75 Å². The van der Waals surface area contributed by atoms with Crippen LogP contribution >= 0.6 is 0 Å². The normalized spacial score (nSPS) is 9.94. The molecule has 0 saturated heterocycles. The van der Waals surface area contributed by atoms with Crippen LogP contribution in [0.25, 0.3) is 0 Å². The van der Waals surface area contributed by atoms with Gasteiger partial charge in [0.15, 0.2) is 5.78 Å². The Labute approximate surface area is 101 Å². The number of benzene rings is 2. The van der Waals surface area contributed by atoms with Crippen molar-refractivity contribution in [1.82, 2.24) is 0 Å². The molecular formula is C15H13O2. The van der Waals surface area contributed by atoms with Crippen molar-refractivity contribution >= 4 is 5.78 Å². The summed E-state index contributed by atoms with van der Waals surface area (Å²) in [5.74, 6) is 0.750. The largest absolute Gasteiger partial charge is 0.497 e. The molecule has 0 aliphatic carbocycles. The van der Waals surface area contributed by atoms with Gasteiger partial charge in [-0.25, -0.2) is 0 Å². The van der Waals surface area contributed by atoms with Crippen molar-refractivity contribution in [3.8, 4) is 5.75 Å². The van der Waals surface area contributed by atoms with E-state index in [0.29, 0.717) is 5.56 Å². The number of carbonyl (C=O) groups is 1. The Morgan fingerprint density at radius 1 is 1.00 bits per heavy atom. The summed E-state index contributed by atoms with van der Waals surface area (Å²) in [5, 5.41) is 0. The van der Waals surface area contributed by atoms with E-state index < -0.39 is 0 Å². The fourth-order valence-electron chi connectivity index (χ4n) is 1.54. The highest BCUT2D eigenvalue weighted by Crippen LogP contribution is 2.14. The SMILES string of the molecule is COc1ccc(C(=O)[CH]c2ccccc2)cc1. The van der Waals surface area contributed by atoms with Crippen LogP contribution in [0, 0.1) is 6.42 Å². The van der Waals surface area contributed by atoms with Crippen molar-refractivity contribution in [2.45, 2.75) is 0 Å². The van der Waals surface area contributed by atoms with Crippen LogP contribution < -0.4 is 4.74 Å². The van der Waals surface area contributed by atoms with Gasteiger partial charge in [-0.2, -0.15) is 0 Å². The molecule has 0 saturated carbocycles. The van der Waals surface area contributed by atoms with Crippen molar-refractivity contribution in [2.24, 2.45) is 0 Å². The number of hydrogen-bond donors (Lipinski definition) is 0. The fraction of sp³-hybridized carbons (Fsp3) is 0.0667. The second-order valence-corrected chi connectivity index (χ2v) is 3.65. The van der Waals surface area contributed by atoms with E-state index in [0.717, 1.165) is 11.3 Å². The van der Waals surface area contributed by atoms with E-state index in [2.05, 4.69) is 0 Å². The van der Waals surface area contributed by atoms with Crippen molar-refractivity contribution < 1.29 is 9.53 Å². The first-order valence-electron chi connectivity index (χ1n) is 5.38. The number of ketones is 1. The first kappa shape index (κ1) is 11.4. The summed E-state index contributed by atoms with van der Waals surface area (Å²) in [6.45, 7) is 0. The highest BCUT2D eigenvalue weighted by molar-refractivity contribution is 6.04. The molecule has 0 bridgehead atoms. The molecule has 17 heavy (non-hydrogen) atoms. The van der Waals surface area contributed by atoms with Crippen LogP contribution in [0.4, 0.5) is 0 Å². The summed E-state index contributed by atoms with van der Waals surface area (Å²) in [5.41, 5.74) is 1.57. The first-order valence-corrected chi connectivity index (χ1v) is 5.38. The molecule has 0 aromatic heterocycles. The standard InChI is InChI=1S/C15H13O2/c1-17-14-9-7-13(8-10-14)15(16)11-12-5-3-2-4-6-12/h2-11H,1H3. The summed E-state index contributed by atoms with van der Waals surface area (Å²) < 4.78 is 5.05. The molecule has 0 spiro atoms. The summed E-state index contributed by atoms with van der Waals surface area (Å²) in [4.78, 5) is 11.9. The van der Waals surface area contributed by atoms with E-state index in [1.807, 2.05) is 30.3 Å². The maximum absolute atomic E-state index is 11.9. The zero-order valence-corrected chi connectivity index (χ0v) is 9.59. The van der Waals surface area contributed by atoms with Crippen LogP contribution in [0.1, 0.15) is 15.9 Å². The van der Waals surface area contributed by atoms with Crippen molar-refractivity contribution in [3.63, 3.8) is 0 Å². The average molecular weight is 225 g/mol. The molecule has 2 rings (SSSR count). The zero-order chi connectivity index (χ0) is 12.1. The second-order valence-electron chi connectivity index (χ2n) is 3.65. The van der Waals surface area contributed by atoms with E-state index in [-0.39, 0.29) is 5.78 Å². The quantitative estimate of drug-likeness (QED) is 0.747. The zero-order valence-electron chi connectivity index (χ0n) is 9.59. The summed E-state index contributed by atoms with van der Waals surface area (Å²) >= 11 is 0. The monoisotopic (exact) mass is 225 g/mol. The third-order valence-corrected chi connectivity index (χ3v) is 2.47. The number of rotatable bonds is 4. The lowest BCUT2D eigenvalue weighted by molar-refractivity contribution is 0.103. The van der Waals surface area contributed by atoms with E-state index in [9.17, 15) is 4.79 Å². The minimum atomic E-state index is -0.00106. The average Bonchev–Trinajstić information content (AvgIpc) is 2.40. The van der Waals surface area contributed by atoms with E-state index >= 15 is 0 Å². The number of carbonyl (C=O) groups excluding carboxylic acids is 1. The van der Waals surface area contributed by atoms with Crippen molar-refractivity contribution in [3.05, 3.63) is 72.1 Å². The predicted molar refractivity (Wildman–Crippen MR) is 67.2 cm³/mol. The maximum atomic E-state index is 11.9. The summed E-state index contributed by atoms with van der Waals surface area (Å²) in [7, 11) is 1.60. The molecule has 0 amide bonds. The molecule has 0 N–H and O–H groups in total. The van der Waals surface area contributed by atoms with Gasteiger partial charge in [0.05, 0.1) is 13.5 Å². The van der Waals surface area contributed by atoms with Gasteiger partial charge in [-0.1, -0.05) is 30.3 Å². The Hall–Kier alpha value is -2.09.